The van der Waals surface area contributed by atoms with Gasteiger partial charge in [0.15, 0.2) is 0 Å². The highest BCUT2D eigenvalue weighted by Gasteiger charge is 2.37. The third-order valence-electron chi connectivity index (χ3n) is 12.7. The Kier molecular flexibility index (Phi) is 7.54. The van der Waals surface area contributed by atoms with E-state index < -0.39 is 0 Å². The molecule has 8 aromatic carbocycles. The number of pyridine rings is 1. The van der Waals surface area contributed by atoms with Gasteiger partial charge in [-0.15, -0.1) is 0 Å². The van der Waals surface area contributed by atoms with Crippen LogP contribution in [0.2, 0.25) is 0 Å². The van der Waals surface area contributed by atoms with E-state index in [0.717, 1.165) is 33.7 Å². The maximum absolute atomic E-state index is 5.29. The first kappa shape index (κ1) is 34.4. The van der Waals surface area contributed by atoms with Gasteiger partial charge in [0.1, 0.15) is 0 Å². The van der Waals surface area contributed by atoms with Crippen molar-refractivity contribution in [3.8, 4) is 56.4 Å². The summed E-state index contributed by atoms with van der Waals surface area (Å²) in [4.78, 5) is 10.5. The molecule has 0 saturated carbocycles. The molecule has 0 amide bonds. The molecular weight excluding hydrogens is 729 g/mol. The number of nitrogens with zero attached hydrogens (tertiary/aromatic N) is 4. The molecule has 0 aliphatic heterocycles. The first-order chi connectivity index (χ1) is 29.5. The van der Waals surface area contributed by atoms with E-state index in [9.17, 15) is 0 Å². The van der Waals surface area contributed by atoms with Crippen LogP contribution in [0.1, 0.15) is 25.0 Å². The highest BCUT2D eigenvalue weighted by atomic mass is 15.1. The molecule has 11 aromatic rings. The lowest BCUT2D eigenvalue weighted by Gasteiger charge is -2.22. The van der Waals surface area contributed by atoms with Crippen LogP contribution in [-0.2, 0) is 5.41 Å². The lowest BCUT2D eigenvalue weighted by molar-refractivity contribution is -0.599. The van der Waals surface area contributed by atoms with Crippen LogP contribution < -0.4 is 4.57 Å². The molecule has 1 aliphatic rings. The first-order valence-electron chi connectivity index (χ1n) is 20.7. The van der Waals surface area contributed by atoms with Crippen molar-refractivity contribution in [2.45, 2.75) is 19.3 Å². The fourth-order valence-electron chi connectivity index (χ4n) is 9.80. The Balaban J connectivity index is 1.01. The normalized spacial score (nSPS) is 13.0. The van der Waals surface area contributed by atoms with Crippen molar-refractivity contribution < 1.29 is 4.57 Å². The topological polar surface area (TPSA) is 34.6 Å². The van der Waals surface area contributed by atoms with Crippen LogP contribution in [0.3, 0.4) is 0 Å². The zero-order valence-electron chi connectivity index (χ0n) is 33.3. The molecule has 1 aliphatic carbocycles. The second-order valence-electron chi connectivity index (χ2n) is 16.4. The second-order valence-corrected chi connectivity index (χ2v) is 16.4. The molecule has 12 rings (SSSR count). The number of fused-ring (bicyclic) bond motifs is 8. The van der Waals surface area contributed by atoms with E-state index in [2.05, 4.69) is 205 Å². The molecule has 0 fully saturated rings. The summed E-state index contributed by atoms with van der Waals surface area (Å²) in [5, 5.41) is 7.39. The third kappa shape index (κ3) is 5.20. The predicted molar refractivity (Wildman–Crippen MR) is 247 cm³/mol. The summed E-state index contributed by atoms with van der Waals surface area (Å²) in [6, 6.07) is 67.7. The van der Waals surface area contributed by atoms with Crippen LogP contribution >= 0.6 is 0 Å². The monoisotopic (exact) mass is 767 g/mol. The Morgan fingerprint density at radius 2 is 1.05 bits per heavy atom. The average molecular weight is 768 g/mol. The molecule has 282 valence electrons. The molecule has 0 saturated heterocycles. The zero-order valence-corrected chi connectivity index (χ0v) is 33.3. The average Bonchev–Trinajstić information content (AvgIpc) is 3.76. The number of para-hydroxylation sites is 2. The fourth-order valence-corrected chi connectivity index (χ4v) is 9.80. The molecule has 0 N–H and O–H groups in total. The minimum absolute atomic E-state index is 0.120. The van der Waals surface area contributed by atoms with Crippen LogP contribution in [0.25, 0.3) is 99.8 Å². The Hall–Kier alpha value is -7.69. The van der Waals surface area contributed by atoms with Crippen LogP contribution in [0, 0.1) is 0 Å². The van der Waals surface area contributed by atoms with E-state index in [0.29, 0.717) is 5.82 Å². The van der Waals surface area contributed by atoms with Gasteiger partial charge in [0.25, 0.3) is 5.82 Å². The van der Waals surface area contributed by atoms with E-state index in [4.69, 9.17) is 9.97 Å². The summed E-state index contributed by atoms with van der Waals surface area (Å²) in [6.45, 7) is 4.73. The molecule has 3 heterocycles. The summed E-state index contributed by atoms with van der Waals surface area (Å²) < 4.78 is 4.44. The van der Waals surface area contributed by atoms with E-state index >= 15 is 0 Å². The van der Waals surface area contributed by atoms with Gasteiger partial charge in [0, 0.05) is 39.4 Å². The van der Waals surface area contributed by atoms with Crippen molar-refractivity contribution in [1.82, 2.24) is 14.5 Å². The molecule has 4 heteroatoms. The quantitative estimate of drug-likeness (QED) is 0.164. The molecule has 60 heavy (non-hydrogen) atoms. The molecular formula is C56H39N4+. The first-order valence-corrected chi connectivity index (χ1v) is 20.7. The molecule has 0 atom stereocenters. The second kappa shape index (κ2) is 13.2. The van der Waals surface area contributed by atoms with E-state index in [-0.39, 0.29) is 5.41 Å². The highest BCUT2D eigenvalue weighted by molar-refractivity contribution is 6.10. The molecule has 0 unspecified atom stereocenters. The van der Waals surface area contributed by atoms with Gasteiger partial charge in [0.05, 0.1) is 40.9 Å². The molecule has 0 spiro atoms. The fraction of sp³-hybridized carbons (Fsp3) is 0.0536. The Morgan fingerprint density at radius 3 is 1.77 bits per heavy atom. The smallest absolute Gasteiger partial charge is 0.309 e. The Labute approximate surface area is 348 Å². The van der Waals surface area contributed by atoms with E-state index in [1.54, 1.807) is 0 Å². The number of rotatable bonds is 5. The Bertz CT molecular complexity index is 3450. The molecule has 4 nitrogen and oxygen atoms in total. The predicted octanol–water partition coefficient (Wildman–Crippen LogP) is 13.5. The minimum Gasteiger partial charge on any atom is -0.309 e. The van der Waals surface area contributed by atoms with E-state index in [1.165, 1.54) is 71.3 Å². The van der Waals surface area contributed by atoms with Crippen molar-refractivity contribution in [2.75, 3.05) is 0 Å². The van der Waals surface area contributed by atoms with Gasteiger partial charge >= 0.3 is 5.82 Å². The van der Waals surface area contributed by atoms with Gasteiger partial charge in [-0.2, -0.15) is 0 Å². The number of hydrogen-bond acceptors (Lipinski definition) is 2. The van der Waals surface area contributed by atoms with Crippen LogP contribution in [-0.4, -0.2) is 14.5 Å². The minimum atomic E-state index is -0.120. The number of aromatic nitrogens is 4. The maximum Gasteiger partial charge on any atom is 0.332 e. The van der Waals surface area contributed by atoms with Crippen molar-refractivity contribution >= 4 is 43.4 Å². The van der Waals surface area contributed by atoms with Crippen LogP contribution in [0.4, 0.5) is 0 Å². The maximum atomic E-state index is 5.29. The van der Waals surface area contributed by atoms with E-state index in [1.807, 2.05) is 18.2 Å². The van der Waals surface area contributed by atoms with Gasteiger partial charge in [-0.05, 0) is 96.3 Å². The largest absolute Gasteiger partial charge is 0.332 e. The van der Waals surface area contributed by atoms with Crippen LogP contribution in [0.5, 0.6) is 0 Å². The zero-order chi connectivity index (χ0) is 40.0. The Morgan fingerprint density at radius 1 is 0.450 bits per heavy atom. The standard InChI is InChI=1S/C56H39N4/c1-56(2)48-24-14-23-46(54(48)47-33-37-17-6-7-18-38(37)34-49(47)56)42-27-28-43(41-20-9-8-19-40(41)42)50-35-53(58-55(57-50)36-15-4-3-5-16-36)59-31-29-39(30-32-59)60-51-25-12-10-21-44(51)45-22-11-13-26-52(45)60/h3-35H,1-2H3/q+1. The SMILES string of the molecule is CC1(C)c2cc3ccccc3cc2-c2c(-c3ccc(-c4cc(-[n+]5ccc(-n6c7ccccc7c7ccccc76)cc5)nc(-c5ccccc5)n4)c4ccccc34)cccc21. The summed E-state index contributed by atoms with van der Waals surface area (Å²) in [7, 11) is 0. The summed E-state index contributed by atoms with van der Waals surface area (Å²) in [6.07, 6.45) is 4.22. The van der Waals surface area contributed by atoms with Gasteiger partial charge in [-0.3, -0.25) is 0 Å². The van der Waals surface area contributed by atoms with Gasteiger partial charge in [-0.1, -0.05) is 147 Å². The summed E-state index contributed by atoms with van der Waals surface area (Å²) in [5.41, 5.74) is 14.1. The highest BCUT2D eigenvalue weighted by Crippen LogP contribution is 2.54. The third-order valence-corrected chi connectivity index (χ3v) is 12.7. The van der Waals surface area contributed by atoms with Gasteiger partial charge < -0.3 is 4.57 Å². The molecule has 0 radical (unpaired) electrons. The van der Waals surface area contributed by atoms with Gasteiger partial charge in [0.2, 0.25) is 0 Å². The molecule has 3 aromatic heterocycles. The summed E-state index contributed by atoms with van der Waals surface area (Å²) >= 11 is 0. The van der Waals surface area contributed by atoms with Crippen molar-refractivity contribution in [2.24, 2.45) is 0 Å². The van der Waals surface area contributed by atoms with Gasteiger partial charge in [-0.25, -0.2) is 9.55 Å². The molecule has 0 bridgehead atoms. The number of benzene rings is 8. The lowest BCUT2D eigenvalue weighted by atomic mass is 9.81. The van der Waals surface area contributed by atoms with Crippen molar-refractivity contribution in [3.63, 3.8) is 0 Å². The number of hydrogen-bond donors (Lipinski definition) is 0. The van der Waals surface area contributed by atoms with Crippen molar-refractivity contribution in [3.05, 3.63) is 212 Å². The van der Waals surface area contributed by atoms with Crippen molar-refractivity contribution in [1.29, 1.82) is 0 Å². The van der Waals surface area contributed by atoms with Crippen LogP contribution in [0.15, 0.2) is 200 Å². The lowest BCUT2D eigenvalue weighted by Crippen LogP contribution is -2.31. The summed E-state index contributed by atoms with van der Waals surface area (Å²) in [5.74, 6) is 1.48.